The summed E-state index contributed by atoms with van der Waals surface area (Å²) in [7, 11) is 0. The summed E-state index contributed by atoms with van der Waals surface area (Å²) >= 11 is 6.56. The average Bonchev–Trinajstić information content (AvgIpc) is 3.40. The molecule has 1 aliphatic carbocycles. The molecule has 202 valence electrons. The Bertz CT molecular complexity index is 1170. The number of carbonyl (C=O) groups is 1. The number of rotatable bonds is 8. The van der Waals surface area contributed by atoms with E-state index in [0.717, 1.165) is 80.7 Å². The summed E-state index contributed by atoms with van der Waals surface area (Å²) in [5.41, 5.74) is 4.87. The second-order valence-electron chi connectivity index (χ2n) is 10.7. The lowest BCUT2D eigenvalue weighted by atomic mass is 9.84. The summed E-state index contributed by atoms with van der Waals surface area (Å²) in [4.78, 5) is 32.6. The van der Waals surface area contributed by atoms with Crippen LogP contribution in [0, 0.1) is 26.7 Å². The number of pyridine rings is 1. The van der Waals surface area contributed by atoms with E-state index < -0.39 is 6.23 Å². The molecule has 7 nitrogen and oxygen atoms in total. The molecule has 0 spiro atoms. The number of aromatic amines is 1. The van der Waals surface area contributed by atoms with Crippen LogP contribution in [0.2, 0.25) is 5.02 Å². The summed E-state index contributed by atoms with van der Waals surface area (Å²) in [5, 5.41) is 14.7. The van der Waals surface area contributed by atoms with E-state index in [2.05, 4.69) is 27.0 Å². The van der Waals surface area contributed by atoms with Gasteiger partial charge in [-0.05, 0) is 95.5 Å². The minimum absolute atomic E-state index is 0.142. The number of nitrogens with zero attached hydrogens (tertiary/aromatic N) is 2. The SMILES string of the molecule is CCN(c1cc(Cl)cc(C(O)NCc2c(C)cc(C)[nH]c2=O)c1C)C1CCC(C(=O)N2CCCC2)CC1. The number of nitrogens with one attached hydrogen (secondary N) is 2. The van der Waals surface area contributed by atoms with Crippen LogP contribution in [-0.2, 0) is 11.3 Å². The van der Waals surface area contributed by atoms with Gasteiger partial charge < -0.3 is 19.9 Å². The number of aromatic nitrogens is 1. The number of aryl methyl sites for hydroxylation is 2. The Morgan fingerprint density at radius 3 is 2.46 bits per heavy atom. The fourth-order valence-corrected chi connectivity index (χ4v) is 6.35. The Morgan fingerprint density at radius 1 is 1.16 bits per heavy atom. The van der Waals surface area contributed by atoms with E-state index in [9.17, 15) is 14.7 Å². The highest BCUT2D eigenvalue weighted by Crippen LogP contribution is 2.36. The van der Waals surface area contributed by atoms with Crippen LogP contribution in [0.5, 0.6) is 0 Å². The first-order chi connectivity index (χ1) is 17.7. The smallest absolute Gasteiger partial charge is 0.252 e. The number of hydrogen-bond donors (Lipinski definition) is 3. The Kier molecular flexibility index (Phi) is 8.98. The monoisotopic (exact) mass is 528 g/mol. The van der Waals surface area contributed by atoms with Crippen LogP contribution >= 0.6 is 11.6 Å². The molecule has 1 unspecified atom stereocenters. The molecule has 1 aromatic heterocycles. The van der Waals surface area contributed by atoms with Crippen LogP contribution < -0.4 is 15.8 Å². The number of anilines is 1. The molecule has 0 bridgehead atoms. The summed E-state index contributed by atoms with van der Waals surface area (Å²) in [6.45, 7) is 10.8. The number of aliphatic hydroxyl groups excluding tert-OH is 1. The van der Waals surface area contributed by atoms with Crippen LogP contribution in [0.1, 0.15) is 79.6 Å². The highest BCUT2D eigenvalue weighted by molar-refractivity contribution is 6.31. The predicted molar refractivity (Wildman–Crippen MR) is 149 cm³/mol. The van der Waals surface area contributed by atoms with Crippen LogP contribution in [-0.4, -0.2) is 46.6 Å². The van der Waals surface area contributed by atoms with Crippen molar-refractivity contribution in [1.82, 2.24) is 15.2 Å². The number of likely N-dealkylation sites (tertiary alicyclic amines) is 1. The lowest BCUT2D eigenvalue weighted by Gasteiger charge is -2.39. The van der Waals surface area contributed by atoms with Crippen molar-refractivity contribution in [1.29, 1.82) is 0 Å². The third-order valence-corrected chi connectivity index (χ3v) is 8.42. The van der Waals surface area contributed by atoms with Crippen molar-refractivity contribution >= 4 is 23.2 Å². The van der Waals surface area contributed by atoms with Gasteiger partial charge in [-0.25, -0.2) is 0 Å². The van der Waals surface area contributed by atoms with E-state index >= 15 is 0 Å². The van der Waals surface area contributed by atoms with Gasteiger partial charge in [-0.2, -0.15) is 0 Å². The van der Waals surface area contributed by atoms with E-state index in [1.807, 2.05) is 32.9 Å². The minimum Gasteiger partial charge on any atom is -0.374 e. The van der Waals surface area contributed by atoms with Gasteiger partial charge in [0.15, 0.2) is 0 Å². The minimum atomic E-state index is -0.968. The normalized spacial score (nSPS) is 20.8. The van der Waals surface area contributed by atoms with Gasteiger partial charge in [0.05, 0.1) is 0 Å². The maximum Gasteiger partial charge on any atom is 0.252 e. The molecule has 1 aliphatic heterocycles. The lowest BCUT2D eigenvalue weighted by molar-refractivity contribution is -0.135. The van der Waals surface area contributed by atoms with Crippen LogP contribution in [0.25, 0.3) is 0 Å². The van der Waals surface area contributed by atoms with E-state index in [1.165, 1.54) is 0 Å². The van der Waals surface area contributed by atoms with Gasteiger partial charge in [0, 0.05) is 65.7 Å². The number of H-pyrrole nitrogens is 1. The zero-order valence-corrected chi connectivity index (χ0v) is 23.3. The van der Waals surface area contributed by atoms with Gasteiger partial charge in [-0.15, -0.1) is 0 Å². The van der Waals surface area contributed by atoms with Gasteiger partial charge in [-0.3, -0.25) is 14.9 Å². The first-order valence-electron chi connectivity index (χ1n) is 13.7. The topological polar surface area (TPSA) is 88.7 Å². The number of hydrogen-bond acceptors (Lipinski definition) is 5. The van der Waals surface area contributed by atoms with E-state index in [0.29, 0.717) is 28.1 Å². The maximum atomic E-state index is 12.9. The first-order valence-corrected chi connectivity index (χ1v) is 14.0. The second kappa shape index (κ2) is 12.0. The zero-order chi connectivity index (χ0) is 26.7. The molecular formula is C29H41ClN4O3. The van der Waals surface area contributed by atoms with Crippen molar-refractivity contribution in [2.45, 2.75) is 85.0 Å². The standard InChI is InChI=1S/C29H41ClN4O3/c1-5-34(23-10-8-21(9-11-23)29(37)33-12-6-7-13-33)26-16-22(30)15-24(20(26)4)27(35)31-17-25-18(2)14-19(3)32-28(25)36/h14-16,21,23,27,31,35H,5-13,17H2,1-4H3,(H,32,36). The van der Waals surface area contributed by atoms with E-state index in [1.54, 1.807) is 6.07 Å². The third kappa shape index (κ3) is 6.21. The number of halogens is 1. The summed E-state index contributed by atoms with van der Waals surface area (Å²) in [6, 6.07) is 6.04. The quantitative estimate of drug-likeness (QED) is 0.431. The van der Waals surface area contributed by atoms with Crippen LogP contribution in [0.4, 0.5) is 5.69 Å². The Labute approximate surface area is 225 Å². The predicted octanol–water partition coefficient (Wildman–Crippen LogP) is 4.74. The van der Waals surface area contributed by atoms with Gasteiger partial charge in [0.1, 0.15) is 6.23 Å². The van der Waals surface area contributed by atoms with Crippen molar-refractivity contribution in [2.24, 2.45) is 5.92 Å². The molecule has 2 fully saturated rings. The number of aliphatic hydroxyl groups is 1. The van der Waals surface area contributed by atoms with E-state index in [4.69, 9.17) is 11.6 Å². The highest BCUT2D eigenvalue weighted by atomic mass is 35.5. The summed E-state index contributed by atoms with van der Waals surface area (Å²) in [5.74, 6) is 0.487. The molecule has 3 N–H and O–H groups in total. The van der Waals surface area contributed by atoms with Crippen molar-refractivity contribution < 1.29 is 9.90 Å². The summed E-state index contributed by atoms with van der Waals surface area (Å²) in [6.07, 6.45) is 5.05. The molecule has 1 aromatic carbocycles. The van der Waals surface area contributed by atoms with Crippen LogP contribution in [0.15, 0.2) is 23.0 Å². The molecule has 1 saturated carbocycles. The number of amides is 1. The molecule has 8 heteroatoms. The molecule has 4 rings (SSSR count). The first kappa shape index (κ1) is 27.7. The van der Waals surface area contributed by atoms with Gasteiger partial charge >= 0.3 is 0 Å². The fourth-order valence-electron chi connectivity index (χ4n) is 6.13. The van der Waals surface area contributed by atoms with Crippen molar-refractivity contribution in [3.63, 3.8) is 0 Å². The molecule has 2 aromatic rings. The van der Waals surface area contributed by atoms with Gasteiger partial charge in [0.2, 0.25) is 5.91 Å². The third-order valence-electron chi connectivity index (χ3n) is 8.20. The molecule has 0 radical (unpaired) electrons. The molecule has 37 heavy (non-hydrogen) atoms. The number of benzene rings is 1. The molecule has 1 amide bonds. The highest BCUT2D eigenvalue weighted by Gasteiger charge is 2.33. The van der Waals surface area contributed by atoms with E-state index in [-0.39, 0.29) is 18.0 Å². The molecule has 2 heterocycles. The number of carbonyl (C=O) groups excluding carboxylic acids is 1. The largest absolute Gasteiger partial charge is 0.374 e. The molecule has 1 atom stereocenters. The zero-order valence-electron chi connectivity index (χ0n) is 22.6. The van der Waals surface area contributed by atoms with Crippen molar-refractivity contribution in [3.05, 3.63) is 61.5 Å². The molecule has 2 aliphatic rings. The average molecular weight is 529 g/mol. The van der Waals surface area contributed by atoms with Crippen LogP contribution in [0.3, 0.4) is 0 Å². The van der Waals surface area contributed by atoms with Crippen molar-refractivity contribution in [3.8, 4) is 0 Å². The molecule has 1 saturated heterocycles. The van der Waals surface area contributed by atoms with Crippen molar-refractivity contribution in [2.75, 3.05) is 24.5 Å². The maximum absolute atomic E-state index is 12.9. The second-order valence-corrected chi connectivity index (χ2v) is 11.1. The Balaban J connectivity index is 1.47. The van der Waals surface area contributed by atoms with Gasteiger partial charge in [-0.1, -0.05) is 11.6 Å². The fraction of sp³-hybridized carbons (Fsp3) is 0.586. The summed E-state index contributed by atoms with van der Waals surface area (Å²) < 4.78 is 0. The lowest BCUT2D eigenvalue weighted by Crippen LogP contribution is -2.42. The molecular weight excluding hydrogens is 488 g/mol. The Morgan fingerprint density at radius 2 is 1.84 bits per heavy atom. The Hall–Kier alpha value is -2.35. The van der Waals surface area contributed by atoms with Gasteiger partial charge in [0.25, 0.3) is 5.56 Å².